The maximum absolute atomic E-state index is 12.8. The van der Waals surface area contributed by atoms with Crippen molar-refractivity contribution in [2.75, 3.05) is 7.11 Å². The molecule has 0 bridgehead atoms. The van der Waals surface area contributed by atoms with Gasteiger partial charge in [-0.25, -0.2) is 0 Å². The maximum Gasteiger partial charge on any atom is 0.283 e. The SMILES string of the molecule is COc1cccc(-n2cccc2/C=C2/C(=N)N3N=C(Cc4ccccc4)SC3=NC2=O)c1. The fraction of sp³-hybridized carbons (Fsp3) is 0.0833. The summed E-state index contributed by atoms with van der Waals surface area (Å²) in [4.78, 5) is 17.0. The van der Waals surface area contributed by atoms with Crippen LogP contribution in [0.4, 0.5) is 0 Å². The van der Waals surface area contributed by atoms with Crippen molar-refractivity contribution in [1.29, 1.82) is 5.41 Å². The molecule has 2 aromatic carbocycles. The van der Waals surface area contributed by atoms with Gasteiger partial charge in [0.1, 0.15) is 10.8 Å². The lowest BCUT2D eigenvalue weighted by atomic mass is 10.1. The minimum Gasteiger partial charge on any atom is -0.497 e. The Morgan fingerprint density at radius 2 is 1.94 bits per heavy atom. The number of methoxy groups -OCH3 is 1. The highest BCUT2D eigenvalue weighted by atomic mass is 32.2. The molecule has 0 fully saturated rings. The Morgan fingerprint density at radius 1 is 1.09 bits per heavy atom. The third kappa shape index (κ3) is 3.76. The van der Waals surface area contributed by atoms with Crippen LogP contribution >= 0.6 is 11.8 Å². The lowest BCUT2D eigenvalue weighted by Crippen LogP contribution is -2.35. The fourth-order valence-corrected chi connectivity index (χ4v) is 4.45. The number of fused-ring (bicyclic) bond motifs is 1. The molecule has 1 N–H and O–H groups in total. The van der Waals surface area contributed by atoms with Crippen molar-refractivity contribution in [3.8, 4) is 11.4 Å². The number of nitrogens with zero attached hydrogens (tertiary/aromatic N) is 4. The molecular formula is C24H19N5O2S. The minimum absolute atomic E-state index is 0.0222. The molecule has 0 unspecified atom stereocenters. The van der Waals surface area contributed by atoms with Gasteiger partial charge in [-0.3, -0.25) is 10.2 Å². The molecule has 0 spiro atoms. The number of rotatable bonds is 5. The number of hydrogen-bond donors (Lipinski definition) is 1. The third-order valence-electron chi connectivity index (χ3n) is 5.10. The van der Waals surface area contributed by atoms with E-state index in [1.54, 1.807) is 13.2 Å². The highest BCUT2D eigenvalue weighted by Crippen LogP contribution is 2.30. The van der Waals surface area contributed by atoms with Gasteiger partial charge in [-0.15, -0.1) is 0 Å². The van der Waals surface area contributed by atoms with Gasteiger partial charge in [-0.2, -0.15) is 15.1 Å². The van der Waals surface area contributed by atoms with Gasteiger partial charge in [0.25, 0.3) is 5.91 Å². The highest BCUT2D eigenvalue weighted by molar-refractivity contribution is 8.26. The molecule has 0 radical (unpaired) electrons. The van der Waals surface area contributed by atoms with Gasteiger partial charge in [0, 0.05) is 30.1 Å². The lowest BCUT2D eigenvalue weighted by Gasteiger charge is -2.20. The summed E-state index contributed by atoms with van der Waals surface area (Å²) in [5, 5.41) is 15.8. The number of amides is 1. The van der Waals surface area contributed by atoms with Crippen LogP contribution in [0.1, 0.15) is 11.3 Å². The molecule has 7 nitrogen and oxygen atoms in total. The number of hydrazone groups is 1. The highest BCUT2D eigenvalue weighted by Gasteiger charge is 2.35. The molecule has 1 amide bonds. The van der Waals surface area contributed by atoms with Crippen LogP contribution in [-0.4, -0.2) is 38.6 Å². The molecule has 0 aliphatic carbocycles. The number of amidine groups is 2. The standard InChI is InChI=1S/C24H19N5O2S/c1-31-19-11-5-9-17(14-19)28-12-6-10-18(28)15-20-22(25)29-24(26-23(20)30)32-21(27-29)13-16-7-3-2-4-8-16/h2-12,14-15,25H,13H2,1H3/b20-15-,25-22?. The average molecular weight is 442 g/mol. The number of ether oxygens (including phenoxy) is 1. The molecule has 2 aliphatic heterocycles. The van der Waals surface area contributed by atoms with E-state index in [1.807, 2.05) is 77.5 Å². The normalized spacial score (nSPS) is 16.8. The van der Waals surface area contributed by atoms with E-state index in [9.17, 15) is 4.79 Å². The van der Waals surface area contributed by atoms with E-state index in [2.05, 4.69) is 10.1 Å². The second-order valence-electron chi connectivity index (χ2n) is 7.18. The van der Waals surface area contributed by atoms with Crippen LogP contribution in [0.3, 0.4) is 0 Å². The van der Waals surface area contributed by atoms with Crippen molar-refractivity contribution in [3.63, 3.8) is 0 Å². The van der Waals surface area contributed by atoms with Crippen molar-refractivity contribution in [1.82, 2.24) is 9.58 Å². The molecule has 3 heterocycles. The fourth-order valence-electron chi connectivity index (χ4n) is 3.53. The van der Waals surface area contributed by atoms with Crippen molar-refractivity contribution < 1.29 is 9.53 Å². The molecule has 3 aromatic rings. The predicted molar refractivity (Wildman–Crippen MR) is 127 cm³/mol. The predicted octanol–water partition coefficient (Wildman–Crippen LogP) is 4.35. The Kier molecular flexibility index (Phi) is 5.20. The largest absolute Gasteiger partial charge is 0.497 e. The van der Waals surface area contributed by atoms with E-state index in [4.69, 9.17) is 10.1 Å². The number of carbonyl (C=O) groups is 1. The van der Waals surface area contributed by atoms with Crippen LogP contribution in [0, 0.1) is 5.41 Å². The Hall–Kier alpha value is -3.91. The number of aromatic nitrogens is 1. The summed E-state index contributed by atoms with van der Waals surface area (Å²) >= 11 is 1.33. The summed E-state index contributed by atoms with van der Waals surface area (Å²) in [5.41, 5.74) is 2.95. The molecular weight excluding hydrogens is 422 g/mol. The molecule has 8 heteroatoms. The van der Waals surface area contributed by atoms with Crippen LogP contribution in [0.2, 0.25) is 0 Å². The number of carbonyl (C=O) groups excluding carboxylic acids is 1. The first-order valence-corrected chi connectivity index (χ1v) is 10.8. The second kappa shape index (κ2) is 8.32. The summed E-state index contributed by atoms with van der Waals surface area (Å²) < 4.78 is 7.25. The van der Waals surface area contributed by atoms with Crippen LogP contribution in [0.15, 0.2) is 88.6 Å². The van der Waals surface area contributed by atoms with Crippen LogP contribution in [0.25, 0.3) is 11.8 Å². The van der Waals surface area contributed by atoms with E-state index in [0.29, 0.717) is 11.6 Å². The molecule has 32 heavy (non-hydrogen) atoms. The molecule has 1 aromatic heterocycles. The molecule has 0 saturated carbocycles. The average Bonchev–Trinajstić information content (AvgIpc) is 3.44. The van der Waals surface area contributed by atoms with Crippen molar-refractivity contribution in [3.05, 3.63) is 89.8 Å². The smallest absolute Gasteiger partial charge is 0.283 e. The Labute approximate surface area is 189 Å². The zero-order valence-corrected chi connectivity index (χ0v) is 18.0. The quantitative estimate of drug-likeness (QED) is 0.597. The van der Waals surface area contributed by atoms with Gasteiger partial charge in [-0.05, 0) is 47.7 Å². The van der Waals surface area contributed by atoms with E-state index in [0.717, 1.165) is 27.7 Å². The first kappa shape index (κ1) is 20.0. The summed E-state index contributed by atoms with van der Waals surface area (Å²) in [6, 6.07) is 21.4. The number of hydrogen-bond acceptors (Lipinski definition) is 5. The summed E-state index contributed by atoms with van der Waals surface area (Å²) in [5.74, 6) is 0.317. The summed E-state index contributed by atoms with van der Waals surface area (Å²) in [6.07, 6.45) is 4.20. The number of thioether (sulfide) groups is 1. The minimum atomic E-state index is -0.441. The van der Waals surface area contributed by atoms with E-state index in [1.165, 1.54) is 16.8 Å². The van der Waals surface area contributed by atoms with E-state index in [-0.39, 0.29) is 11.4 Å². The van der Waals surface area contributed by atoms with Gasteiger partial charge in [-0.1, -0.05) is 36.4 Å². The van der Waals surface area contributed by atoms with Crippen molar-refractivity contribution in [2.45, 2.75) is 6.42 Å². The second-order valence-corrected chi connectivity index (χ2v) is 8.22. The Bertz CT molecular complexity index is 1310. The van der Waals surface area contributed by atoms with Crippen LogP contribution in [-0.2, 0) is 11.2 Å². The maximum atomic E-state index is 12.8. The van der Waals surface area contributed by atoms with Gasteiger partial charge in [0.05, 0.1) is 12.7 Å². The third-order valence-corrected chi connectivity index (χ3v) is 6.01. The zero-order valence-electron chi connectivity index (χ0n) is 17.2. The van der Waals surface area contributed by atoms with Crippen LogP contribution < -0.4 is 4.74 Å². The molecule has 0 saturated heterocycles. The Balaban J connectivity index is 1.45. The number of benzene rings is 2. The van der Waals surface area contributed by atoms with E-state index >= 15 is 0 Å². The molecule has 2 aliphatic rings. The lowest BCUT2D eigenvalue weighted by molar-refractivity contribution is -0.114. The van der Waals surface area contributed by atoms with Crippen molar-refractivity contribution in [2.24, 2.45) is 10.1 Å². The topological polar surface area (TPSA) is 83.0 Å². The summed E-state index contributed by atoms with van der Waals surface area (Å²) in [6.45, 7) is 0. The number of aliphatic imine (C=N–C) groups is 1. The Morgan fingerprint density at radius 3 is 2.75 bits per heavy atom. The van der Waals surface area contributed by atoms with Gasteiger partial charge < -0.3 is 9.30 Å². The van der Waals surface area contributed by atoms with E-state index < -0.39 is 5.91 Å². The first-order valence-electron chi connectivity index (χ1n) is 9.97. The first-order chi connectivity index (χ1) is 15.6. The summed E-state index contributed by atoms with van der Waals surface area (Å²) in [7, 11) is 1.62. The van der Waals surface area contributed by atoms with Gasteiger partial charge >= 0.3 is 0 Å². The van der Waals surface area contributed by atoms with Gasteiger partial charge in [0.15, 0.2) is 5.84 Å². The van der Waals surface area contributed by atoms with Crippen molar-refractivity contribution >= 4 is 39.8 Å². The molecule has 0 atom stereocenters. The molecule has 158 valence electrons. The van der Waals surface area contributed by atoms with Gasteiger partial charge in [0.2, 0.25) is 5.17 Å². The van der Waals surface area contributed by atoms with Crippen LogP contribution in [0.5, 0.6) is 5.75 Å². The molecule has 5 rings (SSSR count). The monoisotopic (exact) mass is 441 g/mol. The number of nitrogens with one attached hydrogen (secondary N) is 1. The zero-order chi connectivity index (χ0) is 22.1.